The second kappa shape index (κ2) is 6.37. The number of carbonyl (C=O) groups is 1. The first kappa shape index (κ1) is 18.0. The van der Waals surface area contributed by atoms with E-state index in [4.69, 9.17) is 9.72 Å². The number of aromatic hydroxyl groups is 1. The average molecular weight is 374 g/mol. The van der Waals surface area contributed by atoms with Crippen LogP contribution in [0.25, 0.3) is 27.8 Å². The Morgan fingerprint density at radius 3 is 2.39 bits per heavy atom. The van der Waals surface area contributed by atoms with Crippen LogP contribution in [0.5, 0.6) is 5.75 Å². The fourth-order valence-electron chi connectivity index (χ4n) is 3.41. The Morgan fingerprint density at radius 1 is 1.04 bits per heavy atom. The summed E-state index contributed by atoms with van der Waals surface area (Å²) in [5.74, 6) is -0.242. The largest absolute Gasteiger partial charge is 0.506 e. The highest BCUT2D eigenvalue weighted by Crippen LogP contribution is 2.32. The van der Waals surface area contributed by atoms with E-state index in [0.29, 0.717) is 11.1 Å². The molecule has 4 aromatic rings. The summed E-state index contributed by atoms with van der Waals surface area (Å²) in [6, 6.07) is 15.2. The maximum absolute atomic E-state index is 11.9. The van der Waals surface area contributed by atoms with Crippen molar-refractivity contribution >= 4 is 22.5 Å². The molecule has 0 aliphatic carbocycles. The number of benzene rings is 2. The van der Waals surface area contributed by atoms with Gasteiger partial charge in [0.05, 0.1) is 41.1 Å². The molecule has 0 saturated carbocycles. The first-order valence-electron chi connectivity index (χ1n) is 9.12. The molecular formula is C23H22N2O3. The van der Waals surface area contributed by atoms with E-state index in [2.05, 4.69) is 32.9 Å². The topological polar surface area (TPSA) is 63.8 Å². The van der Waals surface area contributed by atoms with Crippen LogP contribution in [0.4, 0.5) is 0 Å². The Bertz CT molecular complexity index is 1200. The smallest absolute Gasteiger partial charge is 0.337 e. The lowest BCUT2D eigenvalue weighted by Crippen LogP contribution is -2.10. The maximum Gasteiger partial charge on any atom is 0.337 e. The van der Waals surface area contributed by atoms with Crippen molar-refractivity contribution in [3.8, 4) is 17.0 Å². The van der Waals surface area contributed by atoms with Crippen molar-refractivity contribution in [2.75, 3.05) is 7.11 Å². The second-order valence-electron chi connectivity index (χ2n) is 7.94. The van der Waals surface area contributed by atoms with Gasteiger partial charge in [0.1, 0.15) is 5.75 Å². The zero-order valence-electron chi connectivity index (χ0n) is 16.4. The predicted molar refractivity (Wildman–Crippen MR) is 110 cm³/mol. The molecule has 1 N–H and O–H groups in total. The van der Waals surface area contributed by atoms with Gasteiger partial charge in [-0.3, -0.25) is 0 Å². The molecule has 5 nitrogen and oxygen atoms in total. The van der Waals surface area contributed by atoms with Crippen molar-refractivity contribution in [1.82, 2.24) is 9.38 Å². The number of ether oxygens (including phenoxy) is 1. The molecule has 142 valence electrons. The summed E-state index contributed by atoms with van der Waals surface area (Å²) >= 11 is 0. The quantitative estimate of drug-likeness (QED) is 0.505. The zero-order chi connectivity index (χ0) is 20.1. The molecule has 0 fully saturated rings. The van der Waals surface area contributed by atoms with Crippen molar-refractivity contribution in [2.24, 2.45) is 0 Å². The van der Waals surface area contributed by atoms with Crippen LogP contribution in [0.3, 0.4) is 0 Å². The minimum absolute atomic E-state index is 0.0629. The van der Waals surface area contributed by atoms with E-state index >= 15 is 0 Å². The van der Waals surface area contributed by atoms with Crippen molar-refractivity contribution in [1.29, 1.82) is 0 Å². The first-order chi connectivity index (χ1) is 13.3. The summed E-state index contributed by atoms with van der Waals surface area (Å²) in [5, 5.41) is 10.1. The summed E-state index contributed by atoms with van der Waals surface area (Å²) in [7, 11) is 1.36. The monoisotopic (exact) mass is 374 g/mol. The molecule has 0 radical (unpaired) electrons. The van der Waals surface area contributed by atoms with Gasteiger partial charge in [-0.2, -0.15) is 0 Å². The van der Waals surface area contributed by atoms with Crippen LogP contribution < -0.4 is 0 Å². The second-order valence-corrected chi connectivity index (χ2v) is 7.94. The number of carbonyl (C=O) groups excluding carboxylic acids is 1. The number of nitrogens with zero attached hydrogens (tertiary/aromatic N) is 2. The van der Waals surface area contributed by atoms with Gasteiger partial charge in [0, 0.05) is 11.6 Å². The molecule has 0 saturated heterocycles. The summed E-state index contributed by atoms with van der Waals surface area (Å²) in [4.78, 5) is 16.7. The van der Waals surface area contributed by atoms with Gasteiger partial charge < -0.3 is 14.2 Å². The lowest BCUT2D eigenvalue weighted by atomic mass is 9.86. The lowest BCUT2D eigenvalue weighted by Gasteiger charge is -2.19. The van der Waals surface area contributed by atoms with Crippen LogP contribution in [0.15, 0.2) is 54.7 Å². The van der Waals surface area contributed by atoms with Gasteiger partial charge in [-0.15, -0.1) is 0 Å². The standard InChI is InChI=1S/C23H22N2O3/c1-23(2,3)16-8-5-14(6-9-16)21-20-12-17(26)13-25(20)19-10-7-15(22(27)28-4)11-18(19)24-21/h5-13,26H,1-4H3. The Hall–Kier alpha value is -3.34. The van der Waals surface area contributed by atoms with Crippen LogP contribution in [0.1, 0.15) is 36.7 Å². The van der Waals surface area contributed by atoms with Gasteiger partial charge in [0.2, 0.25) is 0 Å². The SMILES string of the molecule is COC(=O)c1ccc2c(c1)nc(-c1ccc(C(C)(C)C)cc1)c1cc(O)cn12. The Kier molecular flexibility index (Phi) is 4.11. The third kappa shape index (κ3) is 2.99. The van der Waals surface area contributed by atoms with E-state index in [-0.39, 0.29) is 11.2 Å². The third-order valence-corrected chi connectivity index (χ3v) is 4.96. The van der Waals surface area contributed by atoms with Crippen LogP contribution in [-0.4, -0.2) is 27.6 Å². The summed E-state index contributed by atoms with van der Waals surface area (Å²) < 4.78 is 6.72. The van der Waals surface area contributed by atoms with Gasteiger partial charge in [-0.05, 0) is 29.2 Å². The minimum Gasteiger partial charge on any atom is -0.506 e. The van der Waals surface area contributed by atoms with E-state index in [1.165, 1.54) is 12.7 Å². The van der Waals surface area contributed by atoms with E-state index < -0.39 is 5.97 Å². The van der Waals surface area contributed by atoms with Crippen molar-refractivity contribution in [3.63, 3.8) is 0 Å². The molecule has 2 aromatic carbocycles. The molecular weight excluding hydrogens is 352 g/mol. The number of fused-ring (bicyclic) bond motifs is 3. The highest BCUT2D eigenvalue weighted by atomic mass is 16.5. The highest BCUT2D eigenvalue weighted by Gasteiger charge is 2.16. The normalized spacial score (nSPS) is 11.9. The number of rotatable bonds is 2. The fraction of sp³-hybridized carbons (Fsp3) is 0.217. The molecule has 28 heavy (non-hydrogen) atoms. The van der Waals surface area contributed by atoms with Crippen LogP contribution >= 0.6 is 0 Å². The minimum atomic E-state index is -0.407. The highest BCUT2D eigenvalue weighted by molar-refractivity contribution is 5.95. The number of aromatic nitrogens is 2. The Balaban J connectivity index is 1.96. The summed E-state index contributed by atoms with van der Waals surface area (Å²) in [6.07, 6.45) is 1.66. The summed E-state index contributed by atoms with van der Waals surface area (Å²) in [6.45, 7) is 6.52. The molecule has 0 spiro atoms. The number of esters is 1. The molecule has 0 bridgehead atoms. The van der Waals surface area contributed by atoms with Gasteiger partial charge in [0.25, 0.3) is 0 Å². The van der Waals surface area contributed by atoms with Crippen LogP contribution in [-0.2, 0) is 10.2 Å². The van der Waals surface area contributed by atoms with Crippen LogP contribution in [0, 0.1) is 0 Å². The lowest BCUT2D eigenvalue weighted by molar-refractivity contribution is 0.0601. The van der Waals surface area contributed by atoms with Gasteiger partial charge >= 0.3 is 5.97 Å². The first-order valence-corrected chi connectivity index (χ1v) is 9.12. The molecule has 0 aliphatic rings. The van der Waals surface area contributed by atoms with E-state index in [1.54, 1.807) is 24.4 Å². The molecule has 2 aromatic heterocycles. The molecule has 4 rings (SSSR count). The number of hydrogen-bond acceptors (Lipinski definition) is 4. The van der Waals surface area contributed by atoms with E-state index in [1.807, 2.05) is 22.6 Å². The molecule has 0 atom stereocenters. The zero-order valence-corrected chi connectivity index (χ0v) is 16.4. The van der Waals surface area contributed by atoms with E-state index in [9.17, 15) is 9.90 Å². The van der Waals surface area contributed by atoms with Gasteiger partial charge in [0.15, 0.2) is 0 Å². The number of hydrogen-bond donors (Lipinski definition) is 1. The van der Waals surface area contributed by atoms with E-state index in [0.717, 1.165) is 22.3 Å². The van der Waals surface area contributed by atoms with Crippen molar-refractivity contribution < 1.29 is 14.6 Å². The van der Waals surface area contributed by atoms with Crippen molar-refractivity contribution in [3.05, 3.63) is 65.9 Å². The van der Waals surface area contributed by atoms with Crippen LogP contribution in [0.2, 0.25) is 0 Å². The average Bonchev–Trinajstić information content (AvgIpc) is 3.07. The molecule has 0 unspecified atom stereocenters. The number of methoxy groups -OCH3 is 1. The van der Waals surface area contributed by atoms with Crippen molar-refractivity contribution in [2.45, 2.75) is 26.2 Å². The third-order valence-electron chi connectivity index (χ3n) is 4.96. The Morgan fingerprint density at radius 2 is 1.75 bits per heavy atom. The fourth-order valence-corrected chi connectivity index (χ4v) is 3.41. The predicted octanol–water partition coefficient (Wildman–Crippen LogP) is 4.94. The van der Waals surface area contributed by atoms with Gasteiger partial charge in [-0.1, -0.05) is 45.0 Å². The molecule has 0 aliphatic heterocycles. The maximum atomic E-state index is 11.9. The molecule has 5 heteroatoms. The molecule has 0 amide bonds. The Labute approximate surface area is 163 Å². The van der Waals surface area contributed by atoms with Gasteiger partial charge in [-0.25, -0.2) is 9.78 Å². The molecule has 2 heterocycles. The summed E-state index contributed by atoms with van der Waals surface area (Å²) in [5.41, 5.74) is 5.69.